The first-order chi connectivity index (χ1) is 10.1. The number of hydrazone groups is 1. The minimum atomic E-state index is -0.207. The van der Waals surface area contributed by atoms with Crippen molar-refractivity contribution >= 4 is 23.8 Å². The Hall–Kier alpha value is -2.53. The Morgan fingerprint density at radius 3 is 2.76 bits per heavy atom. The molecular weight excluding hydrogens is 288 g/mol. The molecule has 0 unspecified atom stereocenters. The van der Waals surface area contributed by atoms with E-state index >= 15 is 0 Å². The highest BCUT2D eigenvalue weighted by atomic mass is 35.5. The van der Waals surface area contributed by atoms with Crippen LogP contribution >= 0.6 is 11.6 Å². The third-order valence-corrected chi connectivity index (χ3v) is 2.83. The van der Waals surface area contributed by atoms with Crippen LogP contribution in [-0.4, -0.2) is 12.2 Å². The van der Waals surface area contributed by atoms with Crippen LogP contribution in [-0.2, 0) is 6.61 Å². The van der Waals surface area contributed by atoms with E-state index in [0.717, 1.165) is 16.9 Å². The lowest BCUT2D eigenvalue weighted by Gasteiger charge is -2.07. The Morgan fingerprint density at radius 1 is 1.29 bits per heavy atom. The zero-order chi connectivity index (χ0) is 15.1. The minimum absolute atomic E-state index is 0.207. The number of nitrogens with two attached hydrogens (primary N) is 1. The van der Waals surface area contributed by atoms with E-state index in [4.69, 9.17) is 27.5 Å². The Balaban J connectivity index is 1.96. The Morgan fingerprint density at radius 2 is 2.05 bits per heavy atom. The van der Waals surface area contributed by atoms with Gasteiger partial charge in [0.05, 0.1) is 6.21 Å². The molecule has 0 spiro atoms. The van der Waals surface area contributed by atoms with Gasteiger partial charge in [-0.15, -0.1) is 0 Å². The lowest BCUT2D eigenvalue weighted by atomic mass is 10.2. The maximum absolute atomic E-state index is 7.00. The molecule has 0 saturated heterocycles. The number of guanidine groups is 1. The summed E-state index contributed by atoms with van der Waals surface area (Å²) < 4.78 is 5.71. The number of halogens is 1. The van der Waals surface area contributed by atoms with Gasteiger partial charge in [-0.3, -0.25) is 5.41 Å². The minimum Gasteiger partial charge on any atom is -0.489 e. The summed E-state index contributed by atoms with van der Waals surface area (Å²) in [6, 6.07) is 15.0. The van der Waals surface area contributed by atoms with E-state index in [9.17, 15) is 0 Å². The van der Waals surface area contributed by atoms with Gasteiger partial charge in [-0.1, -0.05) is 35.9 Å². The highest BCUT2D eigenvalue weighted by molar-refractivity contribution is 6.30. The Kier molecular flexibility index (Phi) is 5.17. The first kappa shape index (κ1) is 14.9. The van der Waals surface area contributed by atoms with Gasteiger partial charge < -0.3 is 10.5 Å². The lowest BCUT2D eigenvalue weighted by molar-refractivity contribution is 0.306. The van der Waals surface area contributed by atoms with Gasteiger partial charge in [-0.2, -0.15) is 5.10 Å². The number of nitrogens with zero attached hydrogens (tertiary/aromatic N) is 1. The molecule has 108 valence electrons. The van der Waals surface area contributed by atoms with Crippen molar-refractivity contribution in [2.75, 3.05) is 0 Å². The van der Waals surface area contributed by atoms with Gasteiger partial charge in [0.15, 0.2) is 0 Å². The molecule has 0 aliphatic carbocycles. The summed E-state index contributed by atoms with van der Waals surface area (Å²) in [7, 11) is 0. The van der Waals surface area contributed by atoms with Crippen LogP contribution in [0.15, 0.2) is 53.6 Å². The van der Waals surface area contributed by atoms with Gasteiger partial charge in [0.1, 0.15) is 12.4 Å². The van der Waals surface area contributed by atoms with Crippen molar-refractivity contribution in [3.8, 4) is 5.75 Å². The van der Waals surface area contributed by atoms with E-state index in [2.05, 4.69) is 10.5 Å². The Bertz CT molecular complexity index is 640. The Labute approximate surface area is 127 Å². The number of benzene rings is 2. The molecule has 5 nitrogen and oxygen atoms in total. The quantitative estimate of drug-likeness (QED) is 0.451. The summed E-state index contributed by atoms with van der Waals surface area (Å²) in [6.07, 6.45) is 1.57. The van der Waals surface area contributed by atoms with Crippen LogP contribution in [0.25, 0.3) is 0 Å². The lowest BCUT2D eigenvalue weighted by Crippen LogP contribution is -2.25. The van der Waals surface area contributed by atoms with Gasteiger partial charge >= 0.3 is 0 Å². The summed E-state index contributed by atoms with van der Waals surface area (Å²) in [5.74, 6) is 0.526. The molecule has 0 amide bonds. The van der Waals surface area contributed by atoms with E-state index in [0.29, 0.717) is 11.6 Å². The summed E-state index contributed by atoms with van der Waals surface area (Å²) in [5.41, 5.74) is 9.37. The van der Waals surface area contributed by atoms with Crippen molar-refractivity contribution < 1.29 is 4.74 Å². The first-order valence-corrected chi connectivity index (χ1v) is 6.62. The molecule has 6 heteroatoms. The topological polar surface area (TPSA) is 83.5 Å². The molecule has 0 bridgehead atoms. The molecule has 0 fully saturated rings. The van der Waals surface area contributed by atoms with Crippen LogP contribution in [0.4, 0.5) is 0 Å². The predicted molar refractivity (Wildman–Crippen MR) is 84.9 cm³/mol. The van der Waals surface area contributed by atoms with Crippen LogP contribution in [0.2, 0.25) is 5.02 Å². The van der Waals surface area contributed by atoms with Crippen LogP contribution in [0.1, 0.15) is 11.1 Å². The smallest absolute Gasteiger partial charge is 0.206 e. The molecule has 2 rings (SSSR count). The second kappa shape index (κ2) is 7.31. The second-order valence-corrected chi connectivity index (χ2v) is 4.71. The van der Waals surface area contributed by atoms with Crippen molar-refractivity contribution in [1.82, 2.24) is 5.43 Å². The number of hydrogen-bond acceptors (Lipinski definition) is 3. The fraction of sp³-hybridized carbons (Fsp3) is 0.0667. The van der Waals surface area contributed by atoms with Crippen molar-refractivity contribution in [3.05, 3.63) is 64.7 Å². The molecule has 0 aromatic heterocycles. The second-order valence-electron chi connectivity index (χ2n) is 4.27. The third-order valence-electron chi connectivity index (χ3n) is 2.58. The number of hydrogen-bond donors (Lipinski definition) is 3. The molecule has 21 heavy (non-hydrogen) atoms. The molecule has 2 aromatic carbocycles. The number of rotatable bonds is 5. The maximum atomic E-state index is 7.00. The van der Waals surface area contributed by atoms with Crippen molar-refractivity contribution in [1.29, 1.82) is 5.41 Å². The molecule has 0 aliphatic rings. The van der Waals surface area contributed by atoms with Gasteiger partial charge in [0.2, 0.25) is 5.96 Å². The average Bonchev–Trinajstić information content (AvgIpc) is 2.47. The van der Waals surface area contributed by atoms with Crippen molar-refractivity contribution in [3.63, 3.8) is 0 Å². The molecule has 0 saturated carbocycles. The van der Waals surface area contributed by atoms with E-state index in [1.54, 1.807) is 6.21 Å². The highest BCUT2D eigenvalue weighted by Gasteiger charge is 1.97. The summed E-state index contributed by atoms with van der Waals surface area (Å²) in [4.78, 5) is 0. The van der Waals surface area contributed by atoms with Gasteiger partial charge in [-0.25, -0.2) is 5.43 Å². The monoisotopic (exact) mass is 302 g/mol. The molecular formula is C15H15ClN4O. The van der Waals surface area contributed by atoms with E-state index < -0.39 is 0 Å². The van der Waals surface area contributed by atoms with Crippen molar-refractivity contribution in [2.24, 2.45) is 10.8 Å². The van der Waals surface area contributed by atoms with Gasteiger partial charge in [0.25, 0.3) is 0 Å². The standard InChI is InChI=1S/C15H15ClN4O/c16-13-6-4-11(5-7-13)10-21-14-3-1-2-12(8-14)9-19-20-15(17)18/h1-9H,10H2,(H4,17,18,20)/b19-9+. The number of ether oxygens (including phenoxy) is 1. The largest absolute Gasteiger partial charge is 0.489 e. The van der Waals surface area contributed by atoms with Crippen LogP contribution < -0.4 is 15.9 Å². The van der Waals surface area contributed by atoms with Crippen LogP contribution in [0.5, 0.6) is 5.75 Å². The highest BCUT2D eigenvalue weighted by Crippen LogP contribution is 2.15. The average molecular weight is 303 g/mol. The number of nitrogens with one attached hydrogen (secondary N) is 2. The van der Waals surface area contributed by atoms with Gasteiger partial charge in [-0.05, 0) is 35.4 Å². The van der Waals surface area contributed by atoms with Crippen LogP contribution in [0, 0.1) is 5.41 Å². The molecule has 4 N–H and O–H groups in total. The summed E-state index contributed by atoms with van der Waals surface area (Å²) in [6.45, 7) is 0.462. The van der Waals surface area contributed by atoms with Crippen LogP contribution in [0.3, 0.4) is 0 Å². The predicted octanol–water partition coefficient (Wildman–Crippen LogP) is 2.74. The fourth-order valence-electron chi connectivity index (χ4n) is 1.61. The fourth-order valence-corrected chi connectivity index (χ4v) is 1.73. The maximum Gasteiger partial charge on any atom is 0.206 e. The van der Waals surface area contributed by atoms with Gasteiger partial charge in [0, 0.05) is 5.02 Å². The SMILES string of the molecule is N=C(N)N/N=C/c1cccc(OCc2ccc(Cl)cc2)c1. The zero-order valence-electron chi connectivity index (χ0n) is 11.2. The van der Waals surface area contributed by atoms with E-state index in [1.165, 1.54) is 0 Å². The molecule has 0 aliphatic heterocycles. The first-order valence-electron chi connectivity index (χ1n) is 6.24. The normalized spacial score (nSPS) is 10.5. The van der Waals surface area contributed by atoms with E-state index in [-0.39, 0.29) is 5.96 Å². The third kappa shape index (κ3) is 5.16. The van der Waals surface area contributed by atoms with E-state index in [1.807, 2.05) is 48.5 Å². The zero-order valence-corrected chi connectivity index (χ0v) is 12.0. The summed E-state index contributed by atoms with van der Waals surface area (Å²) >= 11 is 5.84. The molecule has 0 heterocycles. The molecule has 0 atom stereocenters. The summed E-state index contributed by atoms with van der Waals surface area (Å²) in [5, 5.41) is 11.5. The van der Waals surface area contributed by atoms with Crippen molar-refractivity contribution in [2.45, 2.75) is 6.61 Å². The molecule has 0 radical (unpaired) electrons. The molecule has 2 aromatic rings.